The monoisotopic (exact) mass is 307 g/mol. The second-order valence-electron chi connectivity index (χ2n) is 5.50. The van der Waals surface area contributed by atoms with Crippen molar-refractivity contribution < 1.29 is 5.11 Å². The molecule has 21 heavy (non-hydrogen) atoms. The number of halogens is 1. The van der Waals surface area contributed by atoms with Crippen LogP contribution in [-0.2, 0) is 0 Å². The fourth-order valence-electron chi connectivity index (χ4n) is 3.13. The first kappa shape index (κ1) is 14.4. The highest BCUT2D eigenvalue weighted by Gasteiger charge is 2.24. The molecule has 0 saturated heterocycles. The molecule has 1 fully saturated rings. The van der Waals surface area contributed by atoms with Crippen LogP contribution < -0.4 is 11.0 Å². The molecule has 2 N–H and O–H groups in total. The Morgan fingerprint density at radius 2 is 2.24 bits per heavy atom. The third-order valence-corrected chi connectivity index (χ3v) is 4.34. The molecule has 5 nitrogen and oxygen atoms in total. The molecule has 0 radical (unpaired) electrons. The maximum absolute atomic E-state index is 12.4. The predicted octanol–water partition coefficient (Wildman–Crippen LogP) is 2.57. The molecular weight excluding hydrogens is 290 g/mol. The van der Waals surface area contributed by atoms with E-state index in [0.717, 1.165) is 30.2 Å². The van der Waals surface area contributed by atoms with E-state index in [1.54, 1.807) is 23.7 Å². The minimum Gasteiger partial charge on any atom is -0.393 e. The van der Waals surface area contributed by atoms with Crippen molar-refractivity contribution in [3.63, 3.8) is 0 Å². The molecule has 1 aliphatic rings. The Kier molecular flexibility index (Phi) is 3.87. The van der Waals surface area contributed by atoms with Gasteiger partial charge in [0, 0.05) is 23.5 Å². The minimum atomic E-state index is -0.353. The molecule has 0 aliphatic heterocycles. The molecule has 2 unspecified atom stereocenters. The predicted molar refractivity (Wildman–Crippen MR) is 84.1 cm³/mol. The number of aromatic nitrogens is 2. The van der Waals surface area contributed by atoms with Crippen molar-refractivity contribution in [1.82, 2.24) is 9.55 Å². The Hall–Kier alpha value is -1.59. The van der Waals surface area contributed by atoms with Gasteiger partial charge in [0.25, 0.3) is 0 Å². The highest BCUT2D eigenvalue weighted by atomic mass is 35.5. The van der Waals surface area contributed by atoms with Crippen LogP contribution in [0.5, 0.6) is 0 Å². The molecule has 0 spiro atoms. The molecule has 1 heterocycles. The summed E-state index contributed by atoms with van der Waals surface area (Å²) in [5.74, 6) is 0.555. The number of fused-ring (bicyclic) bond motifs is 1. The maximum Gasteiger partial charge on any atom is 0.350 e. The number of hydrogen-bond acceptors (Lipinski definition) is 4. The Labute approximate surface area is 127 Å². The lowest BCUT2D eigenvalue weighted by atomic mass is 9.92. The van der Waals surface area contributed by atoms with Crippen molar-refractivity contribution in [1.29, 1.82) is 0 Å². The van der Waals surface area contributed by atoms with Gasteiger partial charge in [-0.2, -0.15) is 4.98 Å². The lowest BCUT2D eigenvalue weighted by molar-refractivity contribution is 0.104. The van der Waals surface area contributed by atoms with Crippen LogP contribution in [0.25, 0.3) is 10.9 Å². The van der Waals surface area contributed by atoms with Gasteiger partial charge in [0.1, 0.15) is 5.82 Å². The minimum absolute atomic E-state index is 0.0272. The Balaban J connectivity index is 2.23. The quantitative estimate of drug-likeness (QED) is 0.895. The van der Waals surface area contributed by atoms with Crippen molar-refractivity contribution in [2.45, 2.75) is 37.8 Å². The number of anilines is 1. The zero-order valence-corrected chi connectivity index (χ0v) is 12.6. The Morgan fingerprint density at radius 3 is 2.95 bits per heavy atom. The third kappa shape index (κ3) is 2.63. The number of rotatable bonds is 2. The lowest BCUT2D eigenvalue weighted by Crippen LogP contribution is -2.32. The van der Waals surface area contributed by atoms with Gasteiger partial charge in [0.2, 0.25) is 0 Å². The molecule has 6 heteroatoms. The van der Waals surface area contributed by atoms with Crippen molar-refractivity contribution in [2.24, 2.45) is 0 Å². The van der Waals surface area contributed by atoms with Gasteiger partial charge in [-0.05, 0) is 43.9 Å². The van der Waals surface area contributed by atoms with Crippen molar-refractivity contribution >= 4 is 28.3 Å². The summed E-state index contributed by atoms with van der Waals surface area (Å²) in [7, 11) is 1.74. The summed E-state index contributed by atoms with van der Waals surface area (Å²) < 4.78 is 1.68. The molecule has 1 aromatic carbocycles. The van der Waals surface area contributed by atoms with Crippen LogP contribution in [0.4, 0.5) is 5.82 Å². The second kappa shape index (κ2) is 5.66. The molecular formula is C15H18ClN3O2. The SMILES string of the molecule is CNc1nc(=O)n(C2CCCC(O)C2)c2cc(Cl)ccc12. The zero-order valence-electron chi connectivity index (χ0n) is 11.8. The molecule has 3 rings (SSSR count). The van der Waals surface area contributed by atoms with E-state index in [1.165, 1.54) is 0 Å². The molecule has 2 aromatic rings. The van der Waals surface area contributed by atoms with Crippen molar-refractivity contribution in [2.75, 3.05) is 12.4 Å². The van der Waals surface area contributed by atoms with Gasteiger partial charge in [0.05, 0.1) is 11.6 Å². The number of hydrogen-bond donors (Lipinski definition) is 2. The van der Waals surface area contributed by atoms with E-state index >= 15 is 0 Å². The van der Waals surface area contributed by atoms with Gasteiger partial charge < -0.3 is 10.4 Å². The smallest absolute Gasteiger partial charge is 0.350 e. The first-order valence-corrected chi connectivity index (χ1v) is 7.55. The van der Waals surface area contributed by atoms with Gasteiger partial charge >= 0.3 is 5.69 Å². The van der Waals surface area contributed by atoms with Crippen LogP contribution in [0.2, 0.25) is 5.02 Å². The van der Waals surface area contributed by atoms with E-state index in [4.69, 9.17) is 11.6 Å². The summed E-state index contributed by atoms with van der Waals surface area (Å²) in [6.45, 7) is 0. The number of nitrogens with zero attached hydrogens (tertiary/aromatic N) is 2. The van der Waals surface area contributed by atoms with Gasteiger partial charge in [-0.25, -0.2) is 4.79 Å². The highest BCUT2D eigenvalue weighted by Crippen LogP contribution is 2.31. The van der Waals surface area contributed by atoms with E-state index in [-0.39, 0.29) is 17.8 Å². The number of aliphatic hydroxyl groups excluding tert-OH is 1. The van der Waals surface area contributed by atoms with Crippen LogP contribution in [0.3, 0.4) is 0 Å². The zero-order chi connectivity index (χ0) is 15.0. The van der Waals surface area contributed by atoms with E-state index in [2.05, 4.69) is 10.3 Å². The average Bonchev–Trinajstić information content (AvgIpc) is 2.46. The van der Waals surface area contributed by atoms with Crippen LogP contribution in [0, 0.1) is 0 Å². The van der Waals surface area contributed by atoms with Gasteiger partial charge in [-0.3, -0.25) is 4.57 Å². The fraction of sp³-hybridized carbons (Fsp3) is 0.467. The molecule has 1 saturated carbocycles. The van der Waals surface area contributed by atoms with Crippen LogP contribution in [0.15, 0.2) is 23.0 Å². The third-order valence-electron chi connectivity index (χ3n) is 4.11. The topological polar surface area (TPSA) is 67.2 Å². The summed E-state index contributed by atoms with van der Waals surface area (Å²) in [5.41, 5.74) is 0.471. The van der Waals surface area contributed by atoms with E-state index in [9.17, 15) is 9.90 Å². The van der Waals surface area contributed by atoms with Crippen molar-refractivity contribution in [3.8, 4) is 0 Å². The lowest BCUT2D eigenvalue weighted by Gasteiger charge is -2.28. The average molecular weight is 308 g/mol. The summed E-state index contributed by atoms with van der Waals surface area (Å²) in [6.07, 6.45) is 2.82. The van der Waals surface area contributed by atoms with Crippen LogP contribution >= 0.6 is 11.6 Å². The van der Waals surface area contributed by atoms with Gasteiger partial charge in [-0.15, -0.1) is 0 Å². The van der Waals surface area contributed by atoms with Crippen LogP contribution in [0.1, 0.15) is 31.7 Å². The molecule has 2 atom stereocenters. The first-order chi connectivity index (χ1) is 10.1. The Morgan fingerprint density at radius 1 is 1.43 bits per heavy atom. The van der Waals surface area contributed by atoms with Gasteiger partial charge in [-0.1, -0.05) is 11.6 Å². The largest absolute Gasteiger partial charge is 0.393 e. The summed E-state index contributed by atoms with van der Waals surface area (Å²) >= 11 is 6.10. The fourth-order valence-corrected chi connectivity index (χ4v) is 3.30. The van der Waals surface area contributed by atoms with Crippen LogP contribution in [-0.4, -0.2) is 27.8 Å². The number of aliphatic hydroxyl groups is 1. The molecule has 0 bridgehead atoms. The molecule has 1 aliphatic carbocycles. The van der Waals surface area contributed by atoms with Gasteiger partial charge in [0.15, 0.2) is 0 Å². The van der Waals surface area contributed by atoms with E-state index in [0.29, 0.717) is 17.3 Å². The molecule has 112 valence electrons. The van der Waals surface area contributed by atoms with Crippen molar-refractivity contribution in [3.05, 3.63) is 33.7 Å². The normalized spacial score (nSPS) is 22.4. The number of nitrogens with one attached hydrogen (secondary N) is 1. The molecule has 1 aromatic heterocycles. The summed E-state index contributed by atoms with van der Waals surface area (Å²) in [4.78, 5) is 16.5. The number of benzene rings is 1. The summed E-state index contributed by atoms with van der Waals surface area (Å²) in [6, 6.07) is 5.42. The van der Waals surface area contributed by atoms with E-state index in [1.807, 2.05) is 6.07 Å². The standard InChI is InChI=1S/C15H18ClN3O2/c1-17-14-12-6-5-9(16)7-13(12)19(15(21)18-14)10-3-2-4-11(20)8-10/h5-7,10-11,20H,2-4,8H2,1H3,(H,17,18,21). The maximum atomic E-state index is 12.4. The van der Waals surface area contributed by atoms with E-state index < -0.39 is 0 Å². The molecule has 0 amide bonds. The Bertz CT molecular complexity index is 729. The highest BCUT2D eigenvalue weighted by molar-refractivity contribution is 6.31. The first-order valence-electron chi connectivity index (χ1n) is 7.17. The summed E-state index contributed by atoms with van der Waals surface area (Å²) in [5, 5.41) is 14.3. The second-order valence-corrected chi connectivity index (χ2v) is 5.94.